The molecule has 10 nitrogen and oxygen atoms in total. The summed E-state index contributed by atoms with van der Waals surface area (Å²) >= 11 is 0. The Bertz CT molecular complexity index is 1440. The van der Waals surface area contributed by atoms with Crippen molar-refractivity contribution in [3.8, 4) is 0 Å². The lowest BCUT2D eigenvalue weighted by atomic mass is 9.40. The molecule has 0 spiro atoms. The maximum Gasteiger partial charge on any atom is 0.347 e. The topological polar surface area (TPSA) is 135 Å². The Morgan fingerprint density at radius 3 is 2.48 bits per heavy atom. The van der Waals surface area contributed by atoms with Crippen LogP contribution in [0.5, 0.6) is 0 Å². The Kier molecular flexibility index (Phi) is 6.37. The Labute approximate surface area is 243 Å². The Morgan fingerprint density at radius 1 is 1.10 bits per heavy atom. The van der Waals surface area contributed by atoms with E-state index in [0.717, 1.165) is 11.1 Å². The zero-order valence-electron chi connectivity index (χ0n) is 24.6. The van der Waals surface area contributed by atoms with Gasteiger partial charge in [0.1, 0.15) is 12.2 Å². The molecule has 10 heteroatoms. The van der Waals surface area contributed by atoms with Gasteiger partial charge in [0.15, 0.2) is 5.78 Å². The van der Waals surface area contributed by atoms with E-state index in [2.05, 4.69) is 6.92 Å². The van der Waals surface area contributed by atoms with Crippen molar-refractivity contribution in [3.05, 3.63) is 47.5 Å². The number of esters is 4. The summed E-state index contributed by atoms with van der Waals surface area (Å²) in [5.41, 5.74) is -1.19. The summed E-state index contributed by atoms with van der Waals surface area (Å²) in [4.78, 5) is 67.5. The number of allylic oxidation sites excluding steroid dienone is 2. The van der Waals surface area contributed by atoms with Crippen molar-refractivity contribution in [3.63, 3.8) is 0 Å². The number of hydrogen-bond acceptors (Lipinski definition) is 10. The monoisotopic (exact) mass is 580 g/mol. The number of Topliss-reactive ketones (excluding diaryl/α,β-unsaturated/α-hetero) is 1. The summed E-state index contributed by atoms with van der Waals surface area (Å²) in [6.45, 7) is 8.83. The number of cyclic esters (lactones) is 2. The fourth-order valence-electron chi connectivity index (χ4n) is 8.94. The van der Waals surface area contributed by atoms with Gasteiger partial charge >= 0.3 is 23.9 Å². The number of furan rings is 1. The number of methoxy groups -OCH3 is 1. The Morgan fingerprint density at radius 2 is 1.83 bits per heavy atom. The molecular weight excluding hydrogens is 544 g/mol. The third kappa shape index (κ3) is 3.53. The third-order valence-electron chi connectivity index (χ3n) is 11.2. The van der Waals surface area contributed by atoms with Gasteiger partial charge in [-0.2, -0.15) is 0 Å². The van der Waals surface area contributed by atoms with Crippen LogP contribution in [0.25, 0.3) is 0 Å². The van der Waals surface area contributed by atoms with E-state index in [9.17, 15) is 24.0 Å². The molecule has 3 heterocycles. The molecule has 1 aromatic rings. The minimum atomic E-state index is -1.38. The number of rotatable bonds is 4. The first kappa shape index (κ1) is 28.4. The molecule has 2 saturated heterocycles. The normalized spacial score (nSPS) is 42.3. The molecule has 0 radical (unpaired) electrons. The van der Waals surface area contributed by atoms with Gasteiger partial charge in [0.2, 0.25) is 6.10 Å². The van der Waals surface area contributed by atoms with E-state index in [1.54, 1.807) is 52.4 Å². The summed E-state index contributed by atoms with van der Waals surface area (Å²) in [5, 5.41) is 0. The molecular formula is C32H36O10. The minimum absolute atomic E-state index is 0.115. The summed E-state index contributed by atoms with van der Waals surface area (Å²) in [6, 6.07) is 1.79. The lowest BCUT2D eigenvalue weighted by Crippen LogP contribution is -2.69. The van der Waals surface area contributed by atoms with Crippen LogP contribution in [0.3, 0.4) is 0 Å². The number of carbonyl (C=O) groups excluding carboxylic acids is 5. The van der Waals surface area contributed by atoms with Gasteiger partial charge in [0, 0.05) is 22.0 Å². The molecule has 1 aromatic heterocycles. The van der Waals surface area contributed by atoms with E-state index < -0.39 is 70.2 Å². The third-order valence-corrected chi connectivity index (χ3v) is 11.2. The average molecular weight is 581 g/mol. The van der Waals surface area contributed by atoms with Crippen LogP contribution < -0.4 is 0 Å². The van der Waals surface area contributed by atoms with Crippen molar-refractivity contribution in [2.24, 2.45) is 39.9 Å². The van der Waals surface area contributed by atoms with Crippen LogP contribution >= 0.6 is 0 Å². The highest BCUT2D eigenvalue weighted by atomic mass is 16.6. The zero-order chi connectivity index (χ0) is 30.4. The van der Waals surface area contributed by atoms with E-state index in [1.165, 1.54) is 7.11 Å². The molecule has 0 unspecified atom stereocenters. The van der Waals surface area contributed by atoms with Crippen molar-refractivity contribution in [1.82, 2.24) is 0 Å². The first-order valence-electron chi connectivity index (χ1n) is 14.4. The highest BCUT2D eigenvalue weighted by molar-refractivity contribution is 6.00. The summed E-state index contributed by atoms with van der Waals surface area (Å²) in [6.07, 6.45) is 4.74. The first-order valence-corrected chi connectivity index (χ1v) is 14.4. The largest absolute Gasteiger partial charge is 0.472 e. The van der Waals surface area contributed by atoms with Crippen LogP contribution in [-0.4, -0.2) is 49.0 Å². The molecule has 224 valence electrons. The van der Waals surface area contributed by atoms with Gasteiger partial charge in [-0.25, -0.2) is 9.59 Å². The number of fused-ring (bicyclic) bond motifs is 8. The van der Waals surface area contributed by atoms with Gasteiger partial charge in [-0.1, -0.05) is 38.5 Å². The van der Waals surface area contributed by atoms with E-state index >= 15 is 0 Å². The van der Waals surface area contributed by atoms with Gasteiger partial charge in [0.05, 0.1) is 43.3 Å². The lowest BCUT2D eigenvalue weighted by Gasteiger charge is -2.62. The number of carbonyl (C=O) groups is 5. The molecule has 0 amide bonds. The maximum atomic E-state index is 14.5. The van der Waals surface area contributed by atoms with Gasteiger partial charge in [-0.05, 0) is 44.6 Å². The zero-order valence-corrected chi connectivity index (χ0v) is 24.6. The maximum absolute atomic E-state index is 14.5. The Balaban J connectivity index is 1.54. The molecule has 4 fully saturated rings. The second-order valence-corrected chi connectivity index (χ2v) is 13.1. The van der Waals surface area contributed by atoms with Gasteiger partial charge in [0.25, 0.3) is 0 Å². The molecule has 0 aromatic carbocycles. The number of ether oxygens (including phenoxy) is 4. The first-order chi connectivity index (χ1) is 19.8. The van der Waals surface area contributed by atoms with E-state index in [-0.39, 0.29) is 24.1 Å². The predicted molar refractivity (Wildman–Crippen MR) is 144 cm³/mol. The van der Waals surface area contributed by atoms with Gasteiger partial charge in [-0.15, -0.1) is 0 Å². The van der Waals surface area contributed by atoms with Crippen LogP contribution in [0.2, 0.25) is 0 Å². The summed E-state index contributed by atoms with van der Waals surface area (Å²) < 4.78 is 28.0. The summed E-state index contributed by atoms with van der Waals surface area (Å²) in [5.74, 6) is -5.45. The number of ketones is 1. The molecule has 0 N–H and O–H groups in total. The van der Waals surface area contributed by atoms with Gasteiger partial charge < -0.3 is 23.4 Å². The molecule has 2 bridgehead atoms. The molecule has 3 aliphatic carbocycles. The van der Waals surface area contributed by atoms with Gasteiger partial charge in [-0.3, -0.25) is 14.4 Å². The molecule has 10 atom stereocenters. The molecule has 2 saturated carbocycles. The highest BCUT2D eigenvalue weighted by Gasteiger charge is 2.77. The average Bonchev–Trinajstić information content (AvgIpc) is 3.58. The van der Waals surface area contributed by atoms with Crippen LogP contribution in [0, 0.1) is 39.9 Å². The quantitative estimate of drug-likeness (QED) is 0.222. The second kappa shape index (κ2) is 9.41. The van der Waals surface area contributed by atoms with Crippen molar-refractivity contribution >= 4 is 29.7 Å². The minimum Gasteiger partial charge on any atom is -0.472 e. The molecule has 42 heavy (non-hydrogen) atoms. The van der Waals surface area contributed by atoms with Crippen molar-refractivity contribution < 1.29 is 47.3 Å². The lowest BCUT2D eigenvalue weighted by molar-refractivity contribution is -0.198. The standard InChI is InChI=1S/C32H36O10/c1-7-15(2)27(35)41-25-18-12-17-19(8-10-30(3)20(17)13-21(33)40-24(30)16-9-11-39-14-16)31(4,23(18)34)22-28(36)42-26(29(37)38-6)32(22,25)5/h7,9,11-12,14,18-20,22,24-26H,8,10,13H2,1-6H3/b15-7+/t18-,19+,20+,22-,24+,25-,26-,30-,31-,32+/m1/s1. The summed E-state index contributed by atoms with van der Waals surface area (Å²) in [7, 11) is 1.20. The van der Waals surface area contributed by atoms with Crippen molar-refractivity contribution in [1.29, 1.82) is 0 Å². The van der Waals surface area contributed by atoms with Crippen molar-refractivity contribution in [2.75, 3.05) is 7.11 Å². The van der Waals surface area contributed by atoms with Crippen LogP contribution in [0.4, 0.5) is 0 Å². The fraction of sp³-hybridized carbons (Fsp3) is 0.594. The van der Waals surface area contributed by atoms with E-state index in [4.69, 9.17) is 23.4 Å². The highest BCUT2D eigenvalue weighted by Crippen LogP contribution is 2.69. The van der Waals surface area contributed by atoms with Crippen LogP contribution in [-0.2, 0) is 42.9 Å². The van der Waals surface area contributed by atoms with E-state index in [0.29, 0.717) is 18.4 Å². The smallest absolute Gasteiger partial charge is 0.347 e. The Hall–Kier alpha value is -3.69. The predicted octanol–water partition coefficient (Wildman–Crippen LogP) is 4.04. The molecule has 6 rings (SSSR count). The molecule has 2 aliphatic heterocycles. The fourth-order valence-corrected chi connectivity index (χ4v) is 8.94. The van der Waals surface area contributed by atoms with E-state index in [1.807, 2.05) is 6.08 Å². The second-order valence-electron chi connectivity index (χ2n) is 13.1. The number of hydrogen-bond donors (Lipinski definition) is 0. The molecule has 5 aliphatic rings. The van der Waals surface area contributed by atoms with Crippen LogP contribution in [0.15, 0.2) is 46.3 Å². The SMILES string of the molecule is C/C=C(\C)C(=O)O[C@@H]1[C@@H]2C=C3[C@@H]4CC(=O)O[C@@H](c5ccoc5)[C@]4(C)CC[C@@H]3[C@@](C)(C2=O)[C@H]2C(=O)O[C@H](C(=O)OC)[C@]12C. The van der Waals surface area contributed by atoms with Crippen LogP contribution in [0.1, 0.15) is 65.5 Å². The van der Waals surface area contributed by atoms with Crippen molar-refractivity contribution in [2.45, 2.75) is 72.2 Å².